The Kier molecular flexibility index (Phi) is 77.7. The van der Waals surface area contributed by atoms with Crippen molar-refractivity contribution in [3.8, 4) is 0 Å². The zero-order valence-electron chi connectivity index (χ0n) is 68.0. The molecule has 0 aliphatic carbocycles. The van der Waals surface area contributed by atoms with Crippen LogP contribution in [0, 0.1) is 0 Å². The van der Waals surface area contributed by atoms with Crippen molar-refractivity contribution in [2.24, 2.45) is 0 Å². The fourth-order valence-corrected chi connectivity index (χ4v) is 14.9. The van der Waals surface area contributed by atoms with Gasteiger partial charge >= 0.3 is 39.5 Å². The first-order valence-corrected chi connectivity index (χ1v) is 47.3. The van der Waals surface area contributed by atoms with E-state index < -0.39 is 97.5 Å². The van der Waals surface area contributed by atoms with Crippen LogP contribution in [-0.4, -0.2) is 96.7 Å². The number of aliphatic hydroxyl groups is 1. The highest BCUT2D eigenvalue weighted by atomic mass is 31.2. The van der Waals surface area contributed by atoms with Crippen LogP contribution in [0.4, 0.5) is 0 Å². The molecule has 17 nitrogen and oxygen atoms in total. The Morgan fingerprint density at radius 1 is 0.231 bits per heavy atom. The van der Waals surface area contributed by atoms with Gasteiger partial charge in [0.25, 0.3) is 0 Å². The minimum Gasteiger partial charge on any atom is -0.462 e. The van der Waals surface area contributed by atoms with Crippen LogP contribution >= 0.6 is 15.6 Å². The number of hydrogen-bond acceptors (Lipinski definition) is 15. The molecular formula is C85H166O17P2. The molecule has 0 rings (SSSR count). The minimum atomic E-state index is -4.96. The van der Waals surface area contributed by atoms with Gasteiger partial charge in [-0.25, -0.2) is 9.13 Å². The summed E-state index contributed by atoms with van der Waals surface area (Å²) in [5.74, 6) is -2.10. The van der Waals surface area contributed by atoms with Crippen molar-refractivity contribution < 1.29 is 80.2 Å². The molecule has 0 aliphatic heterocycles. The summed E-state index contributed by atoms with van der Waals surface area (Å²) < 4.78 is 68.8. The molecule has 0 saturated carbocycles. The highest BCUT2D eigenvalue weighted by Gasteiger charge is 2.30. The van der Waals surface area contributed by atoms with Crippen molar-refractivity contribution in [1.82, 2.24) is 0 Å². The molecule has 104 heavy (non-hydrogen) atoms. The molecule has 0 spiro atoms. The van der Waals surface area contributed by atoms with Crippen molar-refractivity contribution in [1.29, 1.82) is 0 Å². The van der Waals surface area contributed by atoms with E-state index in [1.54, 1.807) is 0 Å². The minimum absolute atomic E-state index is 0.109. The number of esters is 4. The number of hydrogen-bond donors (Lipinski definition) is 3. The van der Waals surface area contributed by atoms with Gasteiger partial charge < -0.3 is 33.8 Å². The fourth-order valence-electron chi connectivity index (χ4n) is 13.3. The Balaban J connectivity index is 5.19. The maximum Gasteiger partial charge on any atom is 0.472 e. The van der Waals surface area contributed by atoms with E-state index in [1.165, 1.54) is 295 Å². The molecule has 0 bridgehead atoms. The number of aliphatic hydroxyl groups excluding tert-OH is 1. The molecule has 0 heterocycles. The lowest BCUT2D eigenvalue weighted by Gasteiger charge is -2.21. The summed E-state index contributed by atoms with van der Waals surface area (Å²) in [4.78, 5) is 73.1. The molecule has 2 unspecified atom stereocenters. The van der Waals surface area contributed by atoms with Gasteiger partial charge in [-0.3, -0.25) is 37.3 Å². The molecule has 0 saturated heterocycles. The maximum atomic E-state index is 13.1. The summed E-state index contributed by atoms with van der Waals surface area (Å²) in [5, 5.41) is 10.7. The number of carbonyl (C=O) groups excluding carboxylic acids is 4. The standard InChI is InChI=1S/C85H166O17P2/c1-5-9-13-17-21-25-28-31-34-36-38-39-40-41-43-46-49-52-56-60-64-68-72-85(90)102-81(76-96-83(88)70-66-62-58-54-50-47-45-42-37-35-32-29-26-22-18-14-10-6-2)78-100-104(93,94)98-74-79(86)73-97-103(91,92)99-77-80(75-95-82(87)69-65-61-57-53-24-20-16-12-8-4)101-84(89)71-67-63-59-55-51-48-44-33-30-27-23-19-15-11-7-3/h79-81,86H,5-78H2,1-4H3,(H,91,92)(H,93,94)/t79-,80+,81+/m0/s1. The molecule has 0 aromatic carbocycles. The topological polar surface area (TPSA) is 237 Å². The normalized spacial score (nSPS) is 13.7. The second-order valence-electron chi connectivity index (χ2n) is 30.6. The summed E-state index contributed by atoms with van der Waals surface area (Å²) >= 11 is 0. The molecule has 618 valence electrons. The van der Waals surface area contributed by atoms with Crippen molar-refractivity contribution in [2.75, 3.05) is 39.6 Å². The van der Waals surface area contributed by atoms with Crippen LogP contribution < -0.4 is 0 Å². The van der Waals surface area contributed by atoms with Crippen molar-refractivity contribution in [3.63, 3.8) is 0 Å². The van der Waals surface area contributed by atoms with Crippen LogP contribution in [0.15, 0.2) is 0 Å². The van der Waals surface area contributed by atoms with E-state index in [2.05, 4.69) is 27.7 Å². The van der Waals surface area contributed by atoms with Crippen molar-refractivity contribution >= 4 is 39.5 Å². The summed E-state index contributed by atoms with van der Waals surface area (Å²) in [6.45, 7) is 5.03. The van der Waals surface area contributed by atoms with E-state index in [-0.39, 0.29) is 25.7 Å². The fraction of sp³-hybridized carbons (Fsp3) is 0.953. The largest absolute Gasteiger partial charge is 0.472 e. The number of carbonyl (C=O) groups is 4. The van der Waals surface area contributed by atoms with Crippen LogP contribution in [0.2, 0.25) is 0 Å². The third kappa shape index (κ3) is 78.2. The first kappa shape index (κ1) is 102. The average Bonchev–Trinajstić information content (AvgIpc) is 0.933. The lowest BCUT2D eigenvalue weighted by Crippen LogP contribution is -2.30. The molecular weight excluding hydrogens is 1350 g/mol. The van der Waals surface area contributed by atoms with Gasteiger partial charge in [0.05, 0.1) is 26.4 Å². The second-order valence-corrected chi connectivity index (χ2v) is 33.5. The predicted octanol–water partition coefficient (Wildman–Crippen LogP) is 26.1. The lowest BCUT2D eigenvalue weighted by molar-refractivity contribution is -0.161. The summed E-state index contributed by atoms with van der Waals surface area (Å²) in [7, 11) is -9.92. The van der Waals surface area contributed by atoms with E-state index in [1.807, 2.05) is 0 Å². The maximum absolute atomic E-state index is 13.1. The first-order valence-electron chi connectivity index (χ1n) is 44.3. The van der Waals surface area contributed by atoms with Gasteiger partial charge in [-0.2, -0.15) is 0 Å². The van der Waals surface area contributed by atoms with E-state index in [0.717, 1.165) is 89.9 Å². The summed E-state index contributed by atoms with van der Waals surface area (Å²) in [5.41, 5.74) is 0. The summed E-state index contributed by atoms with van der Waals surface area (Å²) in [6.07, 6.45) is 73.7. The third-order valence-electron chi connectivity index (χ3n) is 20.1. The second kappa shape index (κ2) is 79.2. The van der Waals surface area contributed by atoms with Crippen LogP contribution in [0.3, 0.4) is 0 Å². The van der Waals surface area contributed by atoms with Gasteiger partial charge in [0, 0.05) is 25.7 Å². The van der Waals surface area contributed by atoms with Crippen LogP contribution in [0.25, 0.3) is 0 Å². The van der Waals surface area contributed by atoms with Gasteiger partial charge in [0.2, 0.25) is 0 Å². The Morgan fingerprint density at radius 2 is 0.385 bits per heavy atom. The van der Waals surface area contributed by atoms with Crippen LogP contribution in [0.5, 0.6) is 0 Å². The number of phosphoric ester groups is 2. The number of rotatable bonds is 86. The first-order chi connectivity index (χ1) is 50.7. The number of ether oxygens (including phenoxy) is 4. The van der Waals surface area contributed by atoms with E-state index in [9.17, 15) is 43.2 Å². The molecule has 3 N–H and O–H groups in total. The van der Waals surface area contributed by atoms with Gasteiger partial charge in [-0.15, -0.1) is 0 Å². The highest BCUT2D eigenvalue weighted by molar-refractivity contribution is 7.47. The Labute approximate surface area is 638 Å². The Morgan fingerprint density at radius 3 is 0.567 bits per heavy atom. The van der Waals surface area contributed by atoms with E-state index >= 15 is 0 Å². The smallest absolute Gasteiger partial charge is 0.462 e. The quantitative estimate of drug-likeness (QED) is 0.0222. The predicted molar refractivity (Wildman–Crippen MR) is 428 cm³/mol. The average molecular weight is 1520 g/mol. The molecule has 0 amide bonds. The monoisotopic (exact) mass is 1520 g/mol. The van der Waals surface area contributed by atoms with Crippen LogP contribution in [0.1, 0.15) is 464 Å². The third-order valence-corrected chi connectivity index (χ3v) is 22.0. The Hall–Kier alpha value is -1.94. The van der Waals surface area contributed by atoms with Crippen molar-refractivity contribution in [3.05, 3.63) is 0 Å². The van der Waals surface area contributed by atoms with Crippen molar-refractivity contribution in [2.45, 2.75) is 483 Å². The molecule has 0 aliphatic rings. The summed E-state index contributed by atoms with van der Waals surface area (Å²) in [6, 6.07) is 0. The molecule has 0 radical (unpaired) electrons. The highest BCUT2D eigenvalue weighted by Crippen LogP contribution is 2.45. The van der Waals surface area contributed by atoms with Gasteiger partial charge in [-0.1, -0.05) is 413 Å². The molecule has 0 aromatic rings. The molecule has 0 aromatic heterocycles. The number of unbranched alkanes of at least 4 members (excludes halogenated alkanes) is 60. The SMILES string of the molecule is CCCCCCCCCCCCCCCCCCCCCCCCC(=O)O[C@H](COC(=O)CCCCCCCCCCCCCCCCCCCC)COP(=O)(O)OC[C@@H](O)COP(=O)(O)OC[C@@H](COC(=O)CCCCCCCCCCC)OC(=O)CCCCCCCCCCCCCCCCC. The Bertz CT molecular complexity index is 1960. The number of phosphoric acid groups is 2. The van der Waals surface area contributed by atoms with E-state index in [0.29, 0.717) is 25.7 Å². The zero-order valence-corrected chi connectivity index (χ0v) is 69.8. The van der Waals surface area contributed by atoms with E-state index in [4.69, 9.17) is 37.0 Å². The van der Waals surface area contributed by atoms with Gasteiger partial charge in [0.15, 0.2) is 12.2 Å². The zero-order chi connectivity index (χ0) is 76.0. The molecule has 19 heteroatoms. The lowest BCUT2D eigenvalue weighted by atomic mass is 10.0. The van der Waals surface area contributed by atoms with Gasteiger partial charge in [-0.05, 0) is 25.7 Å². The molecule has 0 fully saturated rings. The molecule has 5 atom stereocenters. The van der Waals surface area contributed by atoms with Gasteiger partial charge in [0.1, 0.15) is 19.3 Å². The van der Waals surface area contributed by atoms with Crippen LogP contribution in [-0.2, 0) is 65.4 Å².